The first-order chi connectivity index (χ1) is 12.7. The molecule has 2 aromatic heterocycles. The van der Waals surface area contributed by atoms with E-state index in [1.54, 1.807) is 11.3 Å². The molecule has 4 rings (SSSR count). The maximum Gasteiger partial charge on any atom is 0.130 e. The van der Waals surface area contributed by atoms with Gasteiger partial charge in [-0.05, 0) is 50.2 Å². The average molecular weight is 389 g/mol. The number of benzene rings is 1. The Kier molecular flexibility index (Phi) is 5.24. The zero-order valence-corrected chi connectivity index (χ0v) is 16.2. The van der Waals surface area contributed by atoms with Gasteiger partial charge in [-0.25, -0.2) is 4.98 Å². The number of H-pyrrole nitrogens is 1. The smallest absolute Gasteiger partial charge is 0.130 e. The molecule has 0 bridgehead atoms. The largest absolute Gasteiger partial charge is 0.487 e. The van der Waals surface area contributed by atoms with Gasteiger partial charge in [-0.15, -0.1) is 11.3 Å². The van der Waals surface area contributed by atoms with Crippen molar-refractivity contribution in [2.45, 2.75) is 32.4 Å². The molecule has 136 valence electrons. The average Bonchev–Trinajstić information content (AvgIpc) is 3.36. The van der Waals surface area contributed by atoms with Gasteiger partial charge in [0.2, 0.25) is 0 Å². The fraction of sp³-hybridized carbons (Fsp3) is 0.368. The molecule has 26 heavy (non-hydrogen) atoms. The van der Waals surface area contributed by atoms with E-state index in [9.17, 15) is 0 Å². The minimum atomic E-state index is 0.476. The Balaban J connectivity index is 1.31. The number of aryl methyl sites for hydroxylation is 1. The lowest BCUT2D eigenvalue weighted by Crippen LogP contribution is -2.19. The monoisotopic (exact) mass is 388 g/mol. The van der Waals surface area contributed by atoms with Crippen molar-refractivity contribution >= 4 is 22.9 Å². The number of likely N-dealkylation sites (tertiary alicyclic amines) is 1. The summed E-state index contributed by atoms with van der Waals surface area (Å²) in [4.78, 5) is 8.16. The van der Waals surface area contributed by atoms with Crippen LogP contribution in [0.2, 0.25) is 5.02 Å². The molecule has 7 heteroatoms. The van der Waals surface area contributed by atoms with Crippen molar-refractivity contribution in [3.05, 3.63) is 62.8 Å². The topological polar surface area (TPSA) is 54.0 Å². The summed E-state index contributed by atoms with van der Waals surface area (Å²) in [6, 6.07) is 9.52. The van der Waals surface area contributed by atoms with E-state index in [1.807, 2.05) is 30.5 Å². The second kappa shape index (κ2) is 7.78. The van der Waals surface area contributed by atoms with Crippen molar-refractivity contribution in [2.24, 2.45) is 0 Å². The first-order valence-electron chi connectivity index (χ1n) is 8.72. The summed E-state index contributed by atoms with van der Waals surface area (Å²) in [6.45, 7) is 5.66. The molecule has 0 spiro atoms. The lowest BCUT2D eigenvalue weighted by atomic mass is 10.1. The Hall–Kier alpha value is -1.89. The van der Waals surface area contributed by atoms with Gasteiger partial charge >= 0.3 is 0 Å². The Morgan fingerprint density at radius 3 is 2.96 bits per heavy atom. The number of aromatic nitrogens is 3. The van der Waals surface area contributed by atoms with E-state index >= 15 is 0 Å². The number of aromatic amines is 1. The SMILES string of the molecule is Cc1ncc(CN2CCC(c3cc(COc4ccc(Cl)cc4)[nH]n3)C2)s1. The maximum absolute atomic E-state index is 5.89. The van der Waals surface area contributed by atoms with Crippen molar-refractivity contribution < 1.29 is 4.74 Å². The number of hydrogen-bond acceptors (Lipinski definition) is 5. The van der Waals surface area contributed by atoms with Gasteiger partial charge in [0.15, 0.2) is 0 Å². The van der Waals surface area contributed by atoms with Crippen molar-refractivity contribution in [1.29, 1.82) is 0 Å². The molecule has 1 N–H and O–H groups in total. The third-order valence-corrected chi connectivity index (χ3v) is 5.75. The second-order valence-corrected chi connectivity index (χ2v) is 8.38. The first kappa shape index (κ1) is 17.5. The fourth-order valence-corrected chi connectivity index (χ4v) is 4.23. The molecule has 3 aromatic rings. The molecule has 1 atom stereocenters. The molecular weight excluding hydrogens is 368 g/mol. The lowest BCUT2D eigenvalue weighted by Gasteiger charge is -2.13. The maximum atomic E-state index is 5.89. The Labute approximate surface area is 162 Å². The molecule has 1 aliphatic heterocycles. The molecule has 3 heterocycles. The van der Waals surface area contributed by atoms with Gasteiger partial charge in [-0.1, -0.05) is 11.6 Å². The molecule has 0 amide bonds. The summed E-state index contributed by atoms with van der Waals surface area (Å²) in [5.41, 5.74) is 2.12. The highest BCUT2D eigenvalue weighted by atomic mass is 35.5. The second-order valence-electron chi connectivity index (χ2n) is 6.63. The van der Waals surface area contributed by atoms with Crippen molar-refractivity contribution in [1.82, 2.24) is 20.1 Å². The highest BCUT2D eigenvalue weighted by molar-refractivity contribution is 7.11. The molecule has 0 radical (unpaired) electrons. The minimum Gasteiger partial charge on any atom is -0.487 e. The Morgan fingerprint density at radius 2 is 2.19 bits per heavy atom. The van der Waals surface area contributed by atoms with Gasteiger partial charge in [0.05, 0.1) is 16.4 Å². The highest BCUT2D eigenvalue weighted by Crippen LogP contribution is 2.28. The van der Waals surface area contributed by atoms with E-state index in [-0.39, 0.29) is 0 Å². The summed E-state index contributed by atoms with van der Waals surface area (Å²) in [6.07, 6.45) is 3.13. The normalized spacial score (nSPS) is 17.7. The number of ether oxygens (including phenoxy) is 1. The number of thiazole rings is 1. The van der Waals surface area contributed by atoms with Crippen LogP contribution in [0.1, 0.15) is 33.6 Å². The molecule has 5 nitrogen and oxygen atoms in total. The van der Waals surface area contributed by atoms with Crippen LogP contribution in [0.15, 0.2) is 36.5 Å². The quantitative estimate of drug-likeness (QED) is 0.680. The minimum absolute atomic E-state index is 0.476. The van der Waals surface area contributed by atoms with Gasteiger partial charge in [0.25, 0.3) is 0 Å². The van der Waals surface area contributed by atoms with Crippen LogP contribution in [0, 0.1) is 6.92 Å². The standard InChI is InChI=1S/C19H21ClN4OS/c1-13-21-9-18(26-13)11-24-7-6-14(10-24)19-8-16(22-23-19)12-25-17-4-2-15(20)3-5-17/h2-5,8-9,14H,6-7,10-12H2,1H3,(H,22,23). The molecule has 0 aliphatic carbocycles. The molecular formula is C19H21ClN4OS. The van der Waals surface area contributed by atoms with E-state index < -0.39 is 0 Å². The van der Waals surface area contributed by atoms with Crippen molar-refractivity contribution in [3.8, 4) is 5.75 Å². The summed E-state index contributed by atoms with van der Waals surface area (Å²) in [5, 5.41) is 9.45. The van der Waals surface area contributed by atoms with Crippen LogP contribution < -0.4 is 4.74 Å². The zero-order chi connectivity index (χ0) is 17.9. The first-order valence-corrected chi connectivity index (χ1v) is 9.91. The van der Waals surface area contributed by atoms with E-state index in [4.69, 9.17) is 16.3 Å². The predicted molar refractivity (Wildman–Crippen MR) is 104 cm³/mol. The molecule has 1 unspecified atom stereocenters. The van der Waals surface area contributed by atoms with E-state index in [2.05, 4.69) is 33.1 Å². The third-order valence-electron chi connectivity index (χ3n) is 4.60. The summed E-state index contributed by atoms with van der Waals surface area (Å²) >= 11 is 7.67. The van der Waals surface area contributed by atoms with Crippen LogP contribution >= 0.6 is 22.9 Å². The molecule has 0 saturated carbocycles. The molecule has 1 fully saturated rings. The van der Waals surface area contributed by atoms with E-state index in [0.29, 0.717) is 17.5 Å². The molecule has 1 aliphatic rings. The number of hydrogen-bond donors (Lipinski definition) is 1. The number of nitrogens with one attached hydrogen (secondary N) is 1. The highest BCUT2D eigenvalue weighted by Gasteiger charge is 2.26. The van der Waals surface area contributed by atoms with Crippen LogP contribution in [0.25, 0.3) is 0 Å². The van der Waals surface area contributed by atoms with Crippen LogP contribution in [-0.4, -0.2) is 33.2 Å². The van der Waals surface area contributed by atoms with Gasteiger partial charge in [0, 0.05) is 35.1 Å². The number of halogens is 1. The van der Waals surface area contributed by atoms with Gasteiger partial charge in [-0.2, -0.15) is 5.10 Å². The van der Waals surface area contributed by atoms with Crippen LogP contribution in [0.3, 0.4) is 0 Å². The van der Waals surface area contributed by atoms with Crippen molar-refractivity contribution in [2.75, 3.05) is 13.1 Å². The predicted octanol–water partition coefficient (Wildman–Crippen LogP) is 4.40. The van der Waals surface area contributed by atoms with Gasteiger partial charge < -0.3 is 4.74 Å². The van der Waals surface area contributed by atoms with Crippen LogP contribution in [-0.2, 0) is 13.2 Å². The Bertz CT molecular complexity index is 861. The fourth-order valence-electron chi connectivity index (χ4n) is 3.27. The number of rotatable bonds is 6. The summed E-state index contributed by atoms with van der Waals surface area (Å²) < 4.78 is 5.78. The van der Waals surface area contributed by atoms with E-state index in [0.717, 1.165) is 48.2 Å². The van der Waals surface area contributed by atoms with Crippen molar-refractivity contribution in [3.63, 3.8) is 0 Å². The Morgan fingerprint density at radius 1 is 1.35 bits per heavy atom. The molecule has 1 saturated heterocycles. The van der Waals surface area contributed by atoms with Gasteiger partial charge in [0.1, 0.15) is 12.4 Å². The molecule has 1 aromatic carbocycles. The van der Waals surface area contributed by atoms with Gasteiger partial charge in [-0.3, -0.25) is 10.00 Å². The summed E-state index contributed by atoms with van der Waals surface area (Å²) in [7, 11) is 0. The number of nitrogens with zero attached hydrogens (tertiary/aromatic N) is 3. The summed E-state index contributed by atoms with van der Waals surface area (Å²) in [5.74, 6) is 1.28. The third kappa shape index (κ3) is 4.26. The van der Waals surface area contributed by atoms with Crippen LogP contribution in [0.4, 0.5) is 0 Å². The lowest BCUT2D eigenvalue weighted by molar-refractivity contribution is 0.301. The van der Waals surface area contributed by atoms with Crippen LogP contribution in [0.5, 0.6) is 5.75 Å². The van der Waals surface area contributed by atoms with E-state index in [1.165, 1.54) is 4.88 Å². The zero-order valence-electron chi connectivity index (χ0n) is 14.6.